The molecule has 2 heterocycles. The molecule has 1 aromatic carbocycles. The van der Waals surface area contributed by atoms with Crippen LogP contribution in [0.25, 0.3) is 11.3 Å². The van der Waals surface area contributed by atoms with Gasteiger partial charge in [0, 0.05) is 24.2 Å². The van der Waals surface area contributed by atoms with Crippen molar-refractivity contribution in [3.05, 3.63) is 41.3 Å². The van der Waals surface area contributed by atoms with Gasteiger partial charge in [-0.1, -0.05) is 0 Å². The van der Waals surface area contributed by atoms with Gasteiger partial charge in [-0.3, -0.25) is 5.10 Å². The molecule has 1 aromatic heterocycles. The quantitative estimate of drug-likeness (QED) is 0.742. The summed E-state index contributed by atoms with van der Waals surface area (Å²) in [5.74, 6) is -0.218. The predicted molar refractivity (Wildman–Crippen MR) is 54.5 cm³/mol. The molecule has 0 saturated carbocycles. The summed E-state index contributed by atoms with van der Waals surface area (Å²) < 4.78 is 12.8. The third-order valence-corrected chi connectivity index (χ3v) is 2.67. The maximum absolute atomic E-state index is 12.8. The molecular formula is C11H10FN3. The monoisotopic (exact) mass is 203 g/mol. The average Bonchev–Trinajstić information content (AvgIpc) is 2.80. The molecule has 0 bridgehead atoms. The second-order valence-electron chi connectivity index (χ2n) is 3.64. The third-order valence-electron chi connectivity index (χ3n) is 2.67. The van der Waals surface area contributed by atoms with Crippen LogP contribution in [0.5, 0.6) is 0 Å². The van der Waals surface area contributed by atoms with Crippen molar-refractivity contribution in [3.8, 4) is 11.3 Å². The van der Waals surface area contributed by atoms with Crippen molar-refractivity contribution in [2.24, 2.45) is 0 Å². The lowest BCUT2D eigenvalue weighted by atomic mass is 10.1. The molecule has 0 atom stereocenters. The van der Waals surface area contributed by atoms with E-state index in [1.54, 1.807) is 12.1 Å². The molecule has 2 aromatic rings. The van der Waals surface area contributed by atoms with Gasteiger partial charge in [0.2, 0.25) is 0 Å². The van der Waals surface area contributed by atoms with Crippen molar-refractivity contribution in [2.45, 2.75) is 13.1 Å². The molecule has 3 nitrogen and oxygen atoms in total. The molecule has 0 amide bonds. The minimum Gasteiger partial charge on any atom is -0.307 e. The Morgan fingerprint density at radius 2 is 1.93 bits per heavy atom. The molecule has 1 aliphatic heterocycles. The number of hydrogen-bond donors (Lipinski definition) is 2. The Bertz CT molecular complexity index is 487. The fourth-order valence-corrected chi connectivity index (χ4v) is 1.90. The zero-order chi connectivity index (χ0) is 10.3. The van der Waals surface area contributed by atoms with Crippen LogP contribution in [0.2, 0.25) is 0 Å². The number of H-pyrrole nitrogens is 1. The highest BCUT2D eigenvalue weighted by Crippen LogP contribution is 2.26. The van der Waals surface area contributed by atoms with Crippen LogP contribution in [-0.2, 0) is 13.1 Å². The van der Waals surface area contributed by atoms with Crippen molar-refractivity contribution in [3.63, 3.8) is 0 Å². The topological polar surface area (TPSA) is 40.7 Å². The first kappa shape index (κ1) is 8.61. The van der Waals surface area contributed by atoms with E-state index in [9.17, 15) is 4.39 Å². The van der Waals surface area contributed by atoms with Crippen LogP contribution in [0.3, 0.4) is 0 Å². The zero-order valence-electron chi connectivity index (χ0n) is 8.05. The van der Waals surface area contributed by atoms with Crippen LogP contribution in [0.4, 0.5) is 4.39 Å². The molecule has 0 radical (unpaired) electrons. The molecule has 0 fully saturated rings. The SMILES string of the molecule is Fc1ccc(-c2n[nH]c3c2CNC3)cc1. The molecule has 4 heteroatoms. The zero-order valence-corrected chi connectivity index (χ0v) is 8.05. The Morgan fingerprint density at radius 3 is 2.73 bits per heavy atom. The number of fused-ring (bicyclic) bond motifs is 1. The lowest BCUT2D eigenvalue weighted by molar-refractivity contribution is 0.628. The standard InChI is InChI=1S/C11H10FN3/c12-8-3-1-7(2-4-8)11-9-5-13-6-10(9)14-15-11/h1-4,13H,5-6H2,(H,14,15). The largest absolute Gasteiger partial charge is 0.307 e. The van der Waals surface area contributed by atoms with Gasteiger partial charge in [0.05, 0.1) is 11.4 Å². The number of nitrogens with zero attached hydrogens (tertiary/aromatic N) is 1. The summed E-state index contributed by atoms with van der Waals surface area (Å²) in [6, 6.07) is 6.42. The molecule has 76 valence electrons. The summed E-state index contributed by atoms with van der Waals surface area (Å²) in [6.07, 6.45) is 0. The van der Waals surface area contributed by atoms with Crippen LogP contribution in [-0.4, -0.2) is 10.2 Å². The lowest BCUT2D eigenvalue weighted by Gasteiger charge is -1.99. The third kappa shape index (κ3) is 1.34. The Labute approximate surface area is 86.3 Å². The molecule has 0 saturated heterocycles. The molecule has 15 heavy (non-hydrogen) atoms. The Morgan fingerprint density at radius 1 is 1.13 bits per heavy atom. The van der Waals surface area contributed by atoms with Gasteiger partial charge in [0.25, 0.3) is 0 Å². The minimum absolute atomic E-state index is 0.218. The molecule has 0 spiro atoms. The molecule has 0 unspecified atom stereocenters. The van der Waals surface area contributed by atoms with E-state index in [4.69, 9.17) is 0 Å². The fourth-order valence-electron chi connectivity index (χ4n) is 1.90. The molecule has 1 aliphatic rings. The number of rotatable bonds is 1. The summed E-state index contributed by atoms with van der Waals surface area (Å²) in [4.78, 5) is 0. The summed E-state index contributed by atoms with van der Waals surface area (Å²) in [7, 11) is 0. The van der Waals surface area contributed by atoms with E-state index in [-0.39, 0.29) is 5.82 Å². The van der Waals surface area contributed by atoms with Gasteiger partial charge in [0.1, 0.15) is 5.82 Å². The fraction of sp³-hybridized carbons (Fsp3) is 0.182. The van der Waals surface area contributed by atoms with Crippen LogP contribution < -0.4 is 5.32 Å². The van der Waals surface area contributed by atoms with Gasteiger partial charge < -0.3 is 5.32 Å². The van der Waals surface area contributed by atoms with Crippen molar-refractivity contribution in [1.82, 2.24) is 15.5 Å². The van der Waals surface area contributed by atoms with Crippen molar-refractivity contribution >= 4 is 0 Å². The van der Waals surface area contributed by atoms with Gasteiger partial charge in [-0.2, -0.15) is 5.10 Å². The summed E-state index contributed by atoms with van der Waals surface area (Å²) in [5, 5.41) is 10.5. The second kappa shape index (κ2) is 3.17. The van der Waals surface area contributed by atoms with E-state index in [2.05, 4.69) is 15.5 Å². The van der Waals surface area contributed by atoms with Crippen molar-refractivity contribution in [1.29, 1.82) is 0 Å². The second-order valence-corrected chi connectivity index (χ2v) is 3.64. The van der Waals surface area contributed by atoms with Gasteiger partial charge >= 0.3 is 0 Å². The van der Waals surface area contributed by atoms with E-state index in [1.807, 2.05) is 0 Å². The average molecular weight is 203 g/mol. The number of nitrogens with one attached hydrogen (secondary N) is 2. The van der Waals surface area contributed by atoms with E-state index >= 15 is 0 Å². The van der Waals surface area contributed by atoms with Crippen LogP contribution in [0.1, 0.15) is 11.3 Å². The van der Waals surface area contributed by atoms with E-state index < -0.39 is 0 Å². The minimum atomic E-state index is -0.218. The van der Waals surface area contributed by atoms with Gasteiger partial charge in [-0.25, -0.2) is 4.39 Å². The number of hydrogen-bond acceptors (Lipinski definition) is 2. The Hall–Kier alpha value is -1.68. The normalized spacial score (nSPS) is 14.2. The van der Waals surface area contributed by atoms with Gasteiger partial charge in [-0.05, 0) is 24.3 Å². The first-order chi connectivity index (χ1) is 7.34. The van der Waals surface area contributed by atoms with Gasteiger partial charge in [-0.15, -0.1) is 0 Å². The van der Waals surface area contributed by atoms with Crippen LogP contribution >= 0.6 is 0 Å². The first-order valence-electron chi connectivity index (χ1n) is 4.87. The summed E-state index contributed by atoms with van der Waals surface area (Å²) in [6.45, 7) is 1.67. The maximum atomic E-state index is 12.8. The highest BCUT2D eigenvalue weighted by molar-refractivity contribution is 5.64. The highest BCUT2D eigenvalue weighted by Gasteiger charge is 2.18. The van der Waals surface area contributed by atoms with Crippen LogP contribution in [0, 0.1) is 5.82 Å². The van der Waals surface area contributed by atoms with Crippen molar-refractivity contribution < 1.29 is 4.39 Å². The predicted octanol–water partition coefficient (Wildman–Crippen LogP) is 1.82. The van der Waals surface area contributed by atoms with Gasteiger partial charge in [0.15, 0.2) is 0 Å². The molecular weight excluding hydrogens is 193 g/mol. The molecule has 0 aliphatic carbocycles. The van der Waals surface area contributed by atoms with E-state index in [0.717, 1.165) is 30.0 Å². The first-order valence-corrected chi connectivity index (χ1v) is 4.87. The Balaban J connectivity index is 2.09. The molecule has 3 rings (SSSR count). The molecule has 2 N–H and O–H groups in total. The number of aromatic nitrogens is 2. The highest BCUT2D eigenvalue weighted by atomic mass is 19.1. The Kier molecular flexibility index (Phi) is 1.82. The number of aromatic amines is 1. The smallest absolute Gasteiger partial charge is 0.123 e. The number of benzene rings is 1. The van der Waals surface area contributed by atoms with E-state index in [1.165, 1.54) is 17.7 Å². The summed E-state index contributed by atoms with van der Waals surface area (Å²) >= 11 is 0. The summed E-state index contributed by atoms with van der Waals surface area (Å²) in [5.41, 5.74) is 4.21. The van der Waals surface area contributed by atoms with Crippen molar-refractivity contribution in [2.75, 3.05) is 0 Å². The number of halogens is 1. The lowest BCUT2D eigenvalue weighted by Crippen LogP contribution is -2.02. The van der Waals surface area contributed by atoms with E-state index in [0.29, 0.717) is 0 Å². The maximum Gasteiger partial charge on any atom is 0.123 e. The van der Waals surface area contributed by atoms with Crippen LogP contribution in [0.15, 0.2) is 24.3 Å².